The summed E-state index contributed by atoms with van der Waals surface area (Å²) in [6.07, 6.45) is 1.60. The lowest BCUT2D eigenvalue weighted by atomic mass is 10.0. The predicted octanol–water partition coefficient (Wildman–Crippen LogP) is 1.14. The summed E-state index contributed by atoms with van der Waals surface area (Å²) in [5.74, 6) is -0.466. The Bertz CT molecular complexity index is 567. The van der Waals surface area contributed by atoms with E-state index >= 15 is 0 Å². The number of primary amides is 1. The minimum atomic E-state index is -0.466. The maximum absolute atomic E-state index is 11.0. The predicted molar refractivity (Wildman–Crippen MR) is 61.0 cm³/mol. The molecule has 0 radical (unpaired) electrons. The van der Waals surface area contributed by atoms with Crippen LogP contribution >= 0.6 is 0 Å². The smallest absolute Gasteiger partial charge is 0.248 e. The van der Waals surface area contributed by atoms with Crippen molar-refractivity contribution in [1.82, 2.24) is 4.98 Å². The Morgan fingerprint density at radius 1 is 1.12 bits per heavy atom. The molecule has 0 fully saturated rings. The summed E-state index contributed by atoms with van der Waals surface area (Å²) in [4.78, 5) is 24.5. The molecule has 1 aromatic carbocycles. The molecule has 0 saturated carbocycles. The van der Waals surface area contributed by atoms with E-state index in [4.69, 9.17) is 5.73 Å². The number of rotatable bonds is 2. The van der Waals surface area contributed by atoms with Crippen molar-refractivity contribution < 1.29 is 4.79 Å². The van der Waals surface area contributed by atoms with Crippen molar-refractivity contribution in [3.63, 3.8) is 0 Å². The Hall–Kier alpha value is -2.36. The number of aromatic nitrogens is 1. The van der Waals surface area contributed by atoms with Crippen LogP contribution in [0.1, 0.15) is 10.4 Å². The normalized spacial score (nSPS) is 10.0. The quantitative estimate of drug-likeness (QED) is 0.786. The van der Waals surface area contributed by atoms with Crippen molar-refractivity contribution in [2.45, 2.75) is 0 Å². The number of carbonyl (C=O) groups excluding carboxylic acids is 1. The van der Waals surface area contributed by atoms with E-state index < -0.39 is 5.91 Å². The summed E-state index contributed by atoms with van der Waals surface area (Å²) in [7, 11) is 0. The van der Waals surface area contributed by atoms with Crippen LogP contribution in [0.25, 0.3) is 11.1 Å². The molecule has 2 rings (SSSR count). The fourth-order valence-electron chi connectivity index (χ4n) is 1.44. The SMILES string of the molecule is NC(=O)c1cccc(-c2ccc(=O)[nH]c2)c1. The molecule has 0 atom stereocenters. The van der Waals surface area contributed by atoms with Gasteiger partial charge in [-0.25, -0.2) is 0 Å². The van der Waals surface area contributed by atoms with E-state index in [9.17, 15) is 9.59 Å². The molecule has 16 heavy (non-hydrogen) atoms. The lowest BCUT2D eigenvalue weighted by molar-refractivity contribution is 0.100. The zero-order chi connectivity index (χ0) is 11.5. The first-order chi connectivity index (χ1) is 7.66. The third kappa shape index (κ3) is 2.00. The van der Waals surface area contributed by atoms with Crippen LogP contribution < -0.4 is 11.3 Å². The molecular weight excluding hydrogens is 204 g/mol. The fourth-order valence-corrected chi connectivity index (χ4v) is 1.44. The second-order valence-electron chi connectivity index (χ2n) is 3.39. The minimum absolute atomic E-state index is 0.158. The molecule has 0 spiro atoms. The van der Waals surface area contributed by atoms with Crippen LogP contribution in [0.2, 0.25) is 0 Å². The highest BCUT2D eigenvalue weighted by atomic mass is 16.1. The molecule has 4 heteroatoms. The van der Waals surface area contributed by atoms with Gasteiger partial charge in [0.1, 0.15) is 0 Å². The number of aromatic amines is 1. The van der Waals surface area contributed by atoms with Gasteiger partial charge in [-0.05, 0) is 29.3 Å². The van der Waals surface area contributed by atoms with Crippen LogP contribution in [-0.4, -0.2) is 10.9 Å². The molecule has 0 bridgehead atoms. The minimum Gasteiger partial charge on any atom is -0.366 e. The highest BCUT2D eigenvalue weighted by Crippen LogP contribution is 2.18. The third-order valence-corrected chi connectivity index (χ3v) is 2.26. The summed E-state index contributed by atoms with van der Waals surface area (Å²) in [6.45, 7) is 0. The van der Waals surface area contributed by atoms with E-state index in [-0.39, 0.29) is 5.56 Å². The number of pyridine rings is 1. The number of H-pyrrole nitrogens is 1. The largest absolute Gasteiger partial charge is 0.366 e. The molecule has 0 aliphatic rings. The molecule has 1 heterocycles. The summed E-state index contributed by atoms with van der Waals surface area (Å²) < 4.78 is 0. The van der Waals surface area contributed by atoms with Gasteiger partial charge < -0.3 is 10.7 Å². The number of nitrogens with two attached hydrogens (primary N) is 1. The average Bonchev–Trinajstić information content (AvgIpc) is 2.30. The van der Waals surface area contributed by atoms with Gasteiger partial charge in [-0.3, -0.25) is 9.59 Å². The summed E-state index contributed by atoms with van der Waals surface area (Å²) >= 11 is 0. The van der Waals surface area contributed by atoms with Crippen LogP contribution in [0.4, 0.5) is 0 Å². The molecule has 1 aromatic heterocycles. The van der Waals surface area contributed by atoms with Crippen LogP contribution in [0.5, 0.6) is 0 Å². The number of carbonyl (C=O) groups is 1. The lowest BCUT2D eigenvalue weighted by Crippen LogP contribution is -2.10. The third-order valence-electron chi connectivity index (χ3n) is 2.26. The monoisotopic (exact) mass is 214 g/mol. The average molecular weight is 214 g/mol. The lowest BCUT2D eigenvalue weighted by Gasteiger charge is -2.02. The van der Waals surface area contributed by atoms with Gasteiger partial charge in [0.15, 0.2) is 0 Å². The Morgan fingerprint density at radius 3 is 2.56 bits per heavy atom. The number of hydrogen-bond donors (Lipinski definition) is 2. The van der Waals surface area contributed by atoms with E-state index in [1.54, 1.807) is 30.5 Å². The Morgan fingerprint density at radius 2 is 1.94 bits per heavy atom. The van der Waals surface area contributed by atoms with Crippen molar-refractivity contribution in [3.8, 4) is 11.1 Å². The van der Waals surface area contributed by atoms with Gasteiger partial charge in [-0.2, -0.15) is 0 Å². The molecule has 0 unspecified atom stereocenters. The molecule has 0 aliphatic carbocycles. The van der Waals surface area contributed by atoms with Crippen molar-refractivity contribution >= 4 is 5.91 Å². The van der Waals surface area contributed by atoms with Gasteiger partial charge in [0.05, 0.1) is 0 Å². The maximum Gasteiger partial charge on any atom is 0.248 e. The van der Waals surface area contributed by atoms with Crippen molar-refractivity contribution in [3.05, 3.63) is 58.5 Å². The van der Waals surface area contributed by atoms with E-state index in [0.29, 0.717) is 5.56 Å². The van der Waals surface area contributed by atoms with E-state index in [0.717, 1.165) is 11.1 Å². The molecule has 0 saturated heterocycles. The summed E-state index contributed by atoms with van der Waals surface area (Å²) in [5, 5.41) is 0. The first-order valence-electron chi connectivity index (χ1n) is 4.76. The Balaban J connectivity index is 2.48. The highest BCUT2D eigenvalue weighted by Gasteiger charge is 2.02. The standard InChI is InChI=1S/C12H10N2O2/c13-12(16)9-3-1-2-8(6-9)10-4-5-11(15)14-7-10/h1-7H,(H2,13,16)(H,14,15). The van der Waals surface area contributed by atoms with Gasteiger partial charge in [0.25, 0.3) is 0 Å². The first-order valence-corrected chi connectivity index (χ1v) is 4.76. The second kappa shape index (κ2) is 4.02. The van der Waals surface area contributed by atoms with E-state index in [1.165, 1.54) is 6.07 Å². The number of benzene rings is 1. The number of hydrogen-bond acceptors (Lipinski definition) is 2. The highest BCUT2D eigenvalue weighted by molar-refractivity contribution is 5.94. The second-order valence-corrected chi connectivity index (χ2v) is 3.39. The molecule has 0 aliphatic heterocycles. The van der Waals surface area contributed by atoms with Crippen LogP contribution in [0.15, 0.2) is 47.4 Å². The Kier molecular flexibility index (Phi) is 2.55. The summed E-state index contributed by atoms with van der Waals surface area (Å²) in [5.41, 5.74) is 7.15. The zero-order valence-corrected chi connectivity index (χ0v) is 8.44. The van der Waals surface area contributed by atoms with Gasteiger partial charge >= 0.3 is 0 Å². The molecular formula is C12H10N2O2. The fraction of sp³-hybridized carbons (Fsp3) is 0. The van der Waals surface area contributed by atoms with Crippen LogP contribution in [0.3, 0.4) is 0 Å². The van der Waals surface area contributed by atoms with Gasteiger partial charge in [-0.15, -0.1) is 0 Å². The maximum atomic E-state index is 11.0. The summed E-state index contributed by atoms with van der Waals surface area (Å²) in [6, 6.07) is 10.1. The zero-order valence-electron chi connectivity index (χ0n) is 8.44. The topological polar surface area (TPSA) is 76.0 Å². The van der Waals surface area contributed by atoms with Gasteiger partial charge in [-0.1, -0.05) is 12.1 Å². The molecule has 2 aromatic rings. The molecule has 80 valence electrons. The van der Waals surface area contributed by atoms with Crippen molar-refractivity contribution in [1.29, 1.82) is 0 Å². The van der Waals surface area contributed by atoms with Crippen LogP contribution in [0, 0.1) is 0 Å². The Labute approximate surface area is 91.7 Å². The molecule has 4 nitrogen and oxygen atoms in total. The number of amides is 1. The molecule has 1 amide bonds. The first kappa shape index (κ1) is 10.2. The van der Waals surface area contributed by atoms with E-state index in [2.05, 4.69) is 4.98 Å². The van der Waals surface area contributed by atoms with Crippen LogP contribution in [-0.2, 0) is 0 Å². The van der Waals surface area contributed by atoms with Gasteiger partial charge in [0.2, 0.25) is 11.5 Å². The van der Waals surface area contributed by atoms with Crippen molar-refractivity contribution in [2.75, 3.05) is 0 Å². The van der Waals surface area contributed by atoms with Crippen molar-refractivity contribution in [2.24, 2.45) is 5.73 Å². The van der Waals surface area contributed by atoms with E-state index in [1.807, 2.05) is 6.07 Å². The van der Waals surface area contributed by atoms with Gasteiger partial charge in [0, 0.05) is 17.8 Å². The molecule has 3 N–H and O–H groups in total. The number of nitrogens with one attached hydrogen (secondary N) is 1.